The summed E-state index contributed by atoms with van der Waals surface area (Å²) >= 11 is 0. The molecule has 0 spiro atoms. The van der Waals surface area contributed by atoms with E-state index in [0.717, 1.165) is 56.5 Å². The molecule has 2 aliphatic rings. The standard InChI is InChI=1S/C31H35FN6O3S/c1-36-15-17-37(18-16-36)29-12-6-11-27(30(29)34-24-8-3-2-4-9-24)31(39)35-38-28-14-13-26(19-22(28)21-33-38)42(40,41)25-10-5-7-23(32)20-25/h5-7,10-14,19-21,24,34H,2-4,8-9,15-18H2,1H3,(H,35,39). The number of likely N-dealkylation sites (N-methyl/N-ethyl adjacent to an activating group) is 1. The minimum atomic E-state index is -3.93. The van der Waals surface area contributed by atoms with Gasteiger partial charge in [-0.3, -0.25) is 4.79 Å². The molecule has 3 aromatic carbocycles. The van der Waals surface area contributed by atoms with Gasteiger partial charge in [-0.25, -0.2) is 18.2 Å². The third-order valence-corrected chi connectivity index (χ3v) is 10.00. The molecule has 11 heteroatoms. The molecule has 1 aromatic heterocycles. The first-order chi connectivity index (χ1) is 20.3. The van der Waals surface area contributed by atoms with Gasteiger partial charge in [-0.1, -0.05) is 31.4 Å². The minimum absolute atomic E-state index is 0.0188. The van der Waals surface area contributed by atoms with Gasteiger partial charge < -0.3 is 15.1 Å². The minimum Gasteiger partial charge on any atom is -0.380 e. The predicted molar refractivity (Wildman–Crippen MR) is 162 cm³/mol. The zero-order chi connectivity index (χ0) is 29.3. The van der Waals surface area contributed by atoms with E-state index in [9.17, 15) is 17.6 Å². The molecule has 1 amide bonds. The van der Waals surface area contributed by atoms with E-state index in [-0.39, 0.29) is 15.7 Å². The van der Waals surface area contributed by atoms with Gasteiger partial charge in [0.2, 0.25) is 9.84 Å². The Hall–Kier alpha value is -3.96. The summed E-state index contributed by atoms with van der Waals surface area (Å²) in [6.07, 6.45) is 7.23. The number of nitrogens with zero attached hydrogens (tertiary/aromatic N) is 4. The fourth-order valence-electron chi connectivity index (χ4n) is 5.84. The van der Waals surface area contributed by atoms with Crippen molar-refractivity contribution in [2.24, 2.45) is 0 Å². The number of halogens is 1. The van der Waals surface area contributed by atoms with Crippen molar-refractivity contribution in [2.75, 3.05) is 48.9 Å². The van der Waals surface area contributed by atoms with Crippen molar-refractivity contribution in [1.29, 1.82) is 0 Å². The Kier molecular flexibility index (Phi) is 7.87. The summed E-state index contributed by atoms with van der Waals surface area (Å²) in [5.74, 6) is -0.938. The molecule has 2 fully saturated rings. The van der Waals surface area contributed by atoms with Gasteiger partial charge in [0.25, 0.3) is 5.91 Å². The number of nitrogens with one attached hydrogen (secondary N) is 2. The number of fused-ring (bicyclic) bond motifs is 1. The lowest BCUT2D eigenvalue weighted by molar-refractivity contribution is 0.101. The van der Waals surface area contributed by atoms with Crippen LogP contribution in [0, 0.1) is 5.82 Å². The monoisotopic (exact) mass is 590 g/mol. The molecule has 42 heavy (non-hydrogen) atoms. The van der Waals surface area contributed by atoms with Crippen LogP contribution in [0.25, 0.3) is 10.9 Å². The van der Waals surface area contributed by atoms with Crippen LogP contribution in [0.2, 0.25) is 0 Å². The van der Waals surface area contributed by atoms with Crippen LogP contribution in [0.1, 0.15) is 42.5 Å². The second kappa shape index (κ2) is 11.7. The molecular weight excluding hydrogens is 555 g/mol. The number of piperazine rings is 1. The Morgan fingerprint density at radius 2 is 1.67 bits per heavy atom. The average molecular weight is 591 g/mol. The normalized spacial score (nSPS) is 17.0. The van der Waals surface area contributed by atoms with Gasteiger partial charge in [-0.05, 0) is 68.4 Å². The van der Waals surface area contributed by atoms with Gasteiger partial charge in [-0.2, -0.15) is 9.89 Å². The lowest BCUT2D eigenvalue weighted by Crippen LogP contribution is -2.45. The number of hydrogen-bond acceptors (Lipinski definition) is 7. The van der Waals surface area contributed by atoms with E-state index in [2.05, 4.69) is 38.8 Å². The maximum atomic E-state index is 13.8. The fourth-order valence-corrected chi connectivity index (χ4v) is 7.16. The van der Waals surface area contributed by atoms with E-state index in [1.165, 1.54) is 60.6 Å². The lowest BCUT2D eigenvalue weighted by Gasteiger charge is -2.36. The smallest absolute Gasteiger partial charge is 0.273 e. The van der Waals surface area contributed by atoms with Crippen molar-refractivity contribution in [2.45, 2.75) is 47.9 Å². The zero-order valence-electron chi connectivity index (χ0n) is 23.6. The Labute approximate surface area is 245 Å². The second-order valence-corrected chi connectivity index (χ2v) is 13.1. The highest BCUT2D eigenvalue weighted by Gasteiger charge is 2.25. The molecule has 9 nitrogen and oxygen atoms in total. The van der Waals surface area contributed by atoms with Gasteiger partial charge >= 0.3 is 0 Å². The highest BCUT2D eigenvalue weighted by molar-refractivity contribution is 7.91. The first kappa shape index (κ1) is 28.2. The largest absolute Gasteiger partial charge is 0.380 e. The number of hydrogen-bond donors (Lipinski definition) is 2. The summed E-state index contributed by atoms with van der Waals surface area (Å²) in [5.41, 5.74) is 5.83. The number of rotatable bonds is 7. The van der Waals surface area contributed by atoms with Crippen LogP contribution in [0.4, 0.5) is 15.8 Å². The van der Waals surface area contributed by atoms with E-state index in [0.29, 0.717) is 22.5 Å². The van der Waals surface area contributed by atoms with Crippen LogP contribution in [0.5, 0.6) is 0 Å². The highest BCUT2D eigenvalue weighted by Crippen LogP contribution is 2.34. The van der Waals surface area contributed by atoms with Gasteiger partial charge in [-0.15, -0.1) is 0 Å². The molecule has 0 atom stereocenters. The predicted octanol–water partition coefficient (Wildman–Crippen LogP) is 4.89. The SMILES string of the molecule is CN1CCN(c2cccc(C(=O)Nn3ncc4cc(S(=O)(=O)c5cccc(F)c5)ccc43)c2NC2CCCCC2)CC1. The van der Waals surface area contributed by atoms with Crippen LogP contribution in [0.3, 0.4) is 0 Å². The summed E-state index contributed by atoms with van der Waals surface area (Å²) in [4.78, 5) is 19.7. The molecule has 2 heterocycles. The van der Waals surface area contributed by atoms with Crippen LogP contribution < -0.4 is 15.6 Å². The van der Waals surface area contributed by atoms with E-state index in [1.54, 1.807) is 6.07 Å². The Bertz CT molecular complexity index is 1710. The zero-order valence-corrected chi connectivity index (χ0v) is 24.4. The van der Waals surface area contributed by atoms with Crippen molar-refractivity contribution < 1.29 is 17.6 Å². The van der Waals surface area contributed by atoms with Crippen LogP contribution in [-0.2, 0) is 9.84 Å². The van der Waals surface area contributed by atoms with Crippen LogP contribution >= 0.6 is 0 Å². The van der Waals surface area contributed by atoms with E-state index in [4.69, 9.17) is 0 Å². The van der Waals surface area contributed by atoms with Crippen molar-refractivity contribution >= 4 is 38.0 Å². The van der Waals surface area contributed by atoms with E-state index < -0.39 is 15.7 Å². The molecule has 1 aliphatic carbocycles. The summed E-state index contributed by atoms with van der Waals surface area (Å²) in [7, 11) is -1.81. The molecule has 1 aliphatic heterocycles. The quantitative estimate of drug-likeness (QED) is 0.316. The van der Waals surface area contributed by atoms with Crippen LogP contribution in [-0.4, -0.2) is 68.4 Å². The summed E-state index contributed by atoms with van der Waals surface area (Å²) in [5, 5.41) is 8.59. The molecular formula is C31H35FN6O3S. The topological polar surface area (TPSA) is 99.6 Å². The number of benzene rings is 3. The second-order valence-electron chi connectivity index (χ2n) is 11.1. The van der Waals surface area contributed by atoms with Crippen molar-refractivity contribution in [3.63, 3.8) is 0 Å². The highest BCUT2D eigenvalue weighted by atomic mass is 32.2. The van der Waals surface area contributed by atoms with Gasteiger partial charge in [0.1, 0.15) is 5.82 Å². The number of carbonyl (C=O) groups excluding carboxylic acids is 1. The summed E-state index contributed by atoms with van der Waals surface area (Å²) < 4.78 is 39.9. The maximum absolute atomic E-state index is 13.8. The Morgan fingerprint density at radius 3 is 2.43 bits per heavy atom. The van der Waals surface area contributed by atoms with Crippen molar-refractivity contribution in [3.05, 3.63) is 78.2 Å². The molecule has 1 saturated carbocycles. The molecule has 0 unspecified atom stereocenters. The van der Waals surface area contributed by atoms with Gasteiger partial charge in [0.05, 0.1) is 38.4 Å². The lowest BCUT2D eigenvalue weighted by atomic mass is 9.94. The molecule has 1 saturated heterocycles. The number of aromatic nitrogens is 2. The molecule has 0 bridgehead atoms. The number of carbonyl (C=O) groups is 1. The number of anilines is 2. The molecule has 6 rings (SSSR count). The fraction of sp³-hybridized carbons (Fsp3) is 0.355. The van der Waals surface area contributed by atoms with Gasteiger partial charge in [0.15, 0.2) is 0 Å². The van der Waals surface area contributed by atoms with Crippen LogP contribution in [0.15, 0.2) is 76.7 Å². The maximum Gasteiger partial charge on any atom is 0.273 e. The number of amides is 1. The number of sulfone groups is 1. The van der Waals surface area contributed by atoms with E-state index >= 15 is 0 Å². The third-order valence-electron chi connectivity index (χ3n) is 8.25. The Morgan fingerprint density at radius 1 is 0.929 bits per heavy atom. The molecule has 2 N–H and O–H groups in total. The summed E-state index contributed by atoms with van der Waals surface area (Å²) in [6.45, 7) is 3.67. The first-order valence-electron chi connectivity index (χ1n) is 14.4. The van der Waals surface area contributed by atoms with Crippen molar-refractivity contribution in [1.82, 2.24) is 14.8 Å². The number of para-hydroxylation sites is 1. The summed E-state index contributed by atoms with van der Waals surface area (Å²) in [6, 6.07) is 15.6. The van der Waals surface area contributed by atoms with E-state index in [1.807, 2.05) is 12.1 Å². The molecule has 220 valence electrons. The average Bonchev–Trinajstić information content (AvgIpc) is 3.40. The molecule has 0 radical (unpaired) electrons. The third kappa shape index (κ3) is 5.71. The molecule has 4 aromatic rings. The Balaban J connectivity index is 1.29. The van der Waals surface area contributed by atoms with Gasteiger partial charge in [0, 0.05) is 37.6 Å². The first-order valence-corrected chi connectivity index (χ1v) is 15.9. The van der Waals surface area contributed by atoms with Crippen molar-refractivity contribution in [3.8, 4) is 0 Å².